The van der Waals surface area contributed by atoms with E-state index in [4.69, 9.17) is 27.9 Å². The molecule has 0 atom stereocenters. The number of hydrazine groups is 1. The number of methoxy groups -OCH3 is 1. The molecule has 0 unspecified atom stereocenters. The number of hydrogen-bond acceptors (Lipinski definition) is 3. The lowest BCUT2D eigenvalue weighted by Gasteiger charge is -2.36. The highest BCUT2D eigenvalue weighted by Gasteiger charge is 2.32. The standard InChI is InChI=1S/C21H23Cl2FN2O3/c1-6-12-13(8-7-9-18(12)29-5)19(27)25-26(21(2,3)4)20(28)14-10-17(24)16(23)11-15(14)22/h7-11H,6H2,1-5H3,(H,25,27). The second-order valence-electron chi connectivity index (χ2n) is 7.34. The highest BCUT2D eigenvalue weighted by molar-refractivity contribution is 6.36. The summed E-state index contributed by atoms with van der Waals surface area (Å²) in [7, 11) is 1.53. The molecule has 0 aliphatic heterocycles. The zero-order chi connectivity index (χ0) is 21.9. The third kappa shape index (κ3) is 5.00. The van der Waals surface area contributed by atoms with Crippen LogP contribution in [0.25, 0.3) is 0 Å². The van der Waals surface area contributed by atoms with E-state index in [-0.39, 0.29) is 15.6 Å². The fourth-order valence-electron chi connectivity index (χ4n) is 2.83. The zero-order valence-corrected chi connectivity index (χ0v) is 18.4. The van der Waals surface area contributed by atoms with Gasteiger partial charge >= 0.3 is 0 Å². The number of ether oxygens (including phenoxy) is 1. The van der Waals surface area contributed by atoms with Crippen molar-refractivity contribution in [2.45, 2.75) is 39.7 Å². The lowest BCUT2D eigenvalue weighted by atomic mass is 10.0. The minimum atomic E-state index is -0.822. The molecule has 2 aromatic carbocycles. The lowest BCUT2D eigenvalue weighted by molar-refractivity contribution is 0.0358. The van der Waals surface area contributed by atoms with Crippen LogP contribution in [0.4, 0.5) is 4.39 Å². The van der Waals surface area contributed by atoms with Crippen LogP contribution in [0.15, 0.2) is 30.3 Å². The maximum absolute atomic E-state index is 13.9. The summed E-state index contributed by atoms with van der Waals surface area (Å²) in [6.07, 6.45) is 0.560. The van der Waals surface area contributed by atoms with Crippen LogP contribution in [0.2, 0.25) is 10.0 Å². The van der Waals surface area contributed by atoms with Crippen molar-refractivity contribution in [3.05, 3.63) is 62.9 Å². The number of nitrogens with one attached hydrogen (secondary N) is 1. The number of carbonyl (C=O) groups excluding carboxylic acids is 2. The van der Waals surface area contributed by atoms with Crippen molar-refractivity contribution in [3.63, 3.8) is 0 Å². The van der Waals surface area contributed by atoms with Gasteiger partial charge < -0.3 is 4.74 Å². The molecule has 2 amide bonds. The normalized spacial score (nSPS) is 11.2. The third-order valence-electron chi connectivity index (χ3n) is 4.28. The summed E-state index contributed by atoms with van der Waals surface area (Å²) in [6.45, 7) is 7.10. The van der Waals surface area contributed by atoms with Gasteiger partial charge in [0.15, 0.2) is 0 Å². The molecule has 0 heterocycles. The molecule has 8 heteroatoms. The molecule has 5 nitrogen and oxygen atoms in total. The molecule has 29 heavy (non-hydrogen) atoms. The Morgan fingerprint density at radius 2 is 1.79 bits per heavy atom. The first-order valence-electron chi connectivity index (χ1n) is 8.97. The Hall–Kier alpha value is -2.31. The van der Waals surface area contributed by atoms with Gasteiger partial charge in [-0.05, 0) is 51.5 Å². The number of benzene rings is 2. The molecule has 156 valence electrons. The molecule has 0 bridgehead atoms. The van der Waals surface area contributed by atoms with Crippen LogP contribution in [0, 0.1) is 5.82 Å². The van der Waals surface area contributed by atoms with E-state index in [1.165, 1.54) is 7.11 Å². The molecule has 0 saturated heterocycles. The summed E-state index contributed by atoms with van der Waals surface area (Å²) in [5.41, 5.74) is 2.80. The molecule has 0 fully saturated rings. The summed E-state index contributed by atoms with van der Waals surface area (Å²) < 4.78 is 19.3. The van der Waals surface area contributed by atoms with Gasteiger partial charge in [0.1, 0.15) is 11.6 Å². The molecule has 0 aliphatic rings. The molecular formula is C21H23Cl2FN2O3. The van der Waals surface area contributed by atoms with Gasteiger partial charge in [0.2, 0.25) is 0 Å². The van der Waals surface area contributed by atoms with Crippen LogP contribution in [-0.4, -0.2) is 29.5 Å². The molecular weight excluding hydrogens is 418 g/mol. The Morgan fingerprint density at radius 3 is 2.34 bits per heavy atom. The number of amides is 2. The molecule has 2 rings (SSSR count). The van der Waals surface area contributed by atoms with Gasteiger partial charge in [0, 0.05) is 11.1 Å². The Morgan fingerprint density at radius 1 is 1.14 bits per heavy atom. The summed E-state index contributed by atoms with van der Waals surface area (Å²) in [6, 6.07) is 7.23. The molecule has 2 aromatic rings. The number of nitrogens with zero attached hydrogens (tertiary/aromatic N) is 1. The van der Waals surface area contributed by atoms with Gasteiger partial charge in [-0.3, -0.25) is 15.0 Å². The van der Waals surface area contributed by atoms with Crippen molar-refractivity contribution in [2.75, 3.05) is 7.11 Å². The first-order chi connectivity index (χ1) is 13.5. The predicted octanol–water partition coefficient (Wildman–Crippen LogP) is 5.29. The Balaban J connectivity index is 2.44. The topological polar surface area (TPSA) is 58.6 Å². The Bertz CT molecular complexity index is 942. The van der Waals surface area contributed by atoms with E-state index >= 15 is 0 Å². The highest BCUT2D eigenvalue weighted by Crippen LogP contribution is 2.28. The van der Waals surface area contributed by atoms with Gasteiger partial charge in [-0.2, -0.15) is 0 Å². The average Bonchev–Trinajstić information content (AvgIpc) is 2.66. The van der Waals surface area contributed by atoms with Crippen LogP contribution in [-0.2, 0) is 6.42 Å². The van der Waals surface area contributed by atoms with Crippen molar-refractivity contribution in [1.82, 2.24) is 10.4 Å². The first kappa shape index (κ1) is 23.0. The second-order valence-corrected chi connectivity index (χ2v) is 8.15. The fraction of sp³-hybridized carbons (Fsp3) is 0.333. The van der Waals surface area contributed by atoms with Gasteiger partial charge in [-0.25, -0.2) is 9.40 Å². The monoisotopic (exact) mass is 440 g/mol. The SMILES string of the molecule is CCc1c(OC)cccc1C(=O)NN(C(=O)c1cc(F)c(Cl)cc1Cl)C(C)(C)C. The predicted molar refractivity (Wildman–Crippen MR) is 112 cm³/mol. The van der Waals surface area contributed by atoms with E-state index < -0.39 is 23.2 Å². The van der Waals surface area contributed by atoms with E-state index in [0.717, 1.165) is 17.1 Å². The van der Waals surface area contributed by atoms with Crippen LogP contribution in [0.5, 0.6) is 5.75 Å². The maximum atomic E-state index is 13.9. The van der Waals surface area contributed by atoms with Crippen LogP contribution < -0.4 is 10.2 Å². The second kappa shape index (κ2) is 9.01. The Labute approximate surface area is 179 Å². The molecule has 1 N–H and O–H groups in total. The number of carbonyl (C=O) groups is 2. The van der Waals surface area contributed by atoms with Crippen molar-refractivity contribution >= 4 is 35.0 Å². The minimum absolute atomic E-state index is 0.0134. The summed E-state index contributed by atoms with van der Waals surface area (Å²) in [4.78, 5) is 26.1. The van der Waals surface area contributed by atoms with Gasteiger partial charge in [-0.1, -0.05) is 36.2 Å². The number of halogens is 3. The fourth-order valence-corrected chi connectivity index (χ4v) is 3.29. The highest BCUT2D eigenvalue weighted by atomic mass is 35.5. The van der Waals surface area contributed by atoms with Gasteiger partial charge in [0.25, 0.3) is 11.8 Å². The van der Waals surface area contributed by atoms with Crippen LogP contribution >= 0.6 is 23.2 Å². The van der Waals surface area contributed by atoms with Crippen molar-refractivity contribution in [2.24, 2.45) is 0 Å². The summed E-state index contributed by atoms with van der Waals surface area (Å²) in [5.74, 6) is -1.35. The lowest BCUT2D eigenvalue weighted by Crippen LogP contribution is -2.56. The molecule has 0 radical (unpaired) electrons. The molecule has 0 spiro atoms. The summed E-state index contributed by atoms with van der Waals surface area (Å²) in [5, 5.41) is 0.922. The maximum Gasteiger partial charge on any atom is 0.274 e. The van der Waals surface area contributed by atoms with Crippen molar-refractivity contribution in [1.29, 1.82) is 0 Å². The molecule has 0 aromatic heterocycles. The van der Waals surface area contributed by atoms with E-state index in [1.807, 2.05) is 6.92 Å². The van der Waals surface area contributed by atoms with Crippen molar-refractivity contribution < 1.29 is 18.7 Å². The van der Waals surface area contributed by atoms with Crippen LogP contribution in [0.3, 0.4) is 0 Å². The number of rotatable bonds is 4. The van der Waals surface area contributed by atoms with E-state index in [0.29, 0.717) is 23.3 Å². The number of hydrogen-bond donors (Lipinski definition) is 1. The van der Waals surface area contributed by atoms with E-state index in [1.54, 1.807) is 39.0 Å². The zero-order valence-electron chi connectivity index (χ0n) is 16.9. The van der Waals surface area contributed by atoms with Gasteiger partial charge in [0.05, 0.1) is 28.3 Å². The van der Waals surface area contributed by atoms with E-state index in [2.05, 4.69) is 5.43 Å². The first-order valence-corrected chi connectivity index (χ1v) is 9.72. The summed E-state index contributed by atoms with van der Waals surface area (Å²) >= 11 is 11.8. The third-order valence-corrected chi connectivity index (χ3v) is 4.88. The smallest absolute Gasteiger partial charge is 0.274 e. The quantitative estimate of drug-likeness (QED) is 0.518. The molecule has 0 aliphatic carbocycles. The van der Waals surface area contributed by atoms with Gasteiger partial charge in [-0.15, -0.1) is 0 Å². The molecule has 0 saturated carbocycles. The van der Waals surface area contributed by atoms with E-state index in [9.17, 15) is 14.0 Å². The van der Waals surface area contributed by atoms with Crippen molar-refractivity contribution in [3.8, 4) is 5.75 Å². The largest absolute Gasteiger partial charge is 0.496 e. The van der Waals surface area contributed by atoms with Crippen LogP contribution in [0.1, 0.15) is 54.0 Å². The minimum Gasteiger partial charge on any atom is -0.496 e. The Kier molecular flexibility index (Phi) is 7.14. The average molecular weight is 441 g/mol.